The van der Waals surface area contributed by atoms with E-state index in [4.69, 9.17) is 9.52 Å². The zero-order chi connectivity index (χ0) is 10.1. The van der Waals surface area contributed by atoms with Gasteiger partial charge < -0.3 is 14.5 Å². The van der Waals surface area contributed by atoms with Crippen LogP contribution >= 0.6 is 0 Å². The predicted molar refractivity (Wildman–Crippen MR) is 48.0 cm³/mol. The Labute approximate surface area is 79.4 Å². The molecule has 0 unspecified atom stereocenters. The number of hydrogen-bond donors (Lipinski definition) is 2. The van der Waals surface area contributed by atoms with E-state index in [0.717, 1.165) is 0 Å². The summed E-state index contributed by atoms with van der Waals surface area (Å²) in [6.07, 6.45) is 2.82. The van der Waals surface area contributed by atoms with Crippen molar-refractivity contribution in [2.24, 2.45) is 0 Å². The van der Waals surface area contributed by atoms with Gasteiger partial charge in [0.15, 0.2) is 12.2 Å². The predicted octanol–water partition coefficient (Wildman–Crippen LogP) is 1.68. The van der Waals surface area contributed by atoms with Gasteiger partial charge in [0.25, 0.3) is 0 Å². The zero-order valence-electron chi connectivity index (χ0n) is 7.44. The molecule has 2 rings (SSSR count). The minimum Gasteiger partial charge on any atom is -0.477 e. The summed E-state index contributed by atoms with van der Waals surface area (Å²) in [5.74, 6) is -0.450. The maximum Gasteiger partial charge on any atom is 0.352 e. The SMILES string of the molecule is Cc1cc(-c2cnco2)[nH]c1C(=O)O. The Balaban J connectivity index is 2.48. The fourth-order valence-corrected chi connectivity index (χ4v) is 1.26. The van der Waals surface area contributed by atoms with Crippen molar-refractivity contribution in [2.45, 2.75) is 6.92 Å². The third-order valence-electron chi connectivity index (χ3n) is 1.93. The maximum absolute atomic E-state index is 10.7. The fourth-order valence-electron chi connectivity index (χ4n) is 1.26. The monoisotopic (exact) mass is 192 g/mol. The van der Waals surface area contributed by atoms with Gasteiger partial charge in [-0.3, -0.25) is 0 Å². The number of aromatic nitrogens is 2. The molecule has 0 bridgehead atoms. The van der Waals surface area contributed by atoms with Crippen LogP contribution in [0.3, 0.4) is 0 Å². The lowest BCUT2D eigenvalue weighted by Gasteiger charge is -1.89. The van der Waals surface area contributed by atoms with E-state index in [9.17, 15) is 4.79 Å². The average Bonchev–Trinajstić information content (AvgIpc) is 2.70. The lowest BCUT2D eigenvalue weighted by Crippen LogP contribution is -1.98. The van der Waals surface area contributed by atoms with E-state index in [1.807, 2.05) is 0 Å². The van der Waals surface area contributed by atoms with Crippen LogP contribution in [0, 0.1) is 6.92 Å². The van der Waals surface area contributed by atoms with Crippen LogP contribution < -0.4 is 0 Å². The normalized spacial score (nSPS) is 10.4. The van der Waals surface area contributed by atoms with E-state index in [-0.39, 0.29) is 5.69 Å². The van der Waals surface area contributed by atoms with Gasteiger partial charge in [0, 0.05) is 0 Å². The Hall–Kier alpha value is -2.04. The summed E-state index contributed by atoms with van der Waals surface area (Å²) >= 11 is 0. The van der Waals surface area contributed by atoms with Gasteiger partial charge in [-0.25, -0.2) is 9.78 Å². The first kappa shape index (κ1) is 8.55. The van der Waals surface area contributed by atoms with Gasteiger partial charge in [0.05, 0.1) is 11.9 Å². The van der Waals surface area contributed by atoms with Crippen LogP contribution in [0.2, 0.25) is 0 Å². The molecule has 14 heavy (non-hydrogen) atoms. The first-order chi connectivity index (χ1) is 6.68. The highest BCUT2D eigenvalue weighted by Gasteiger charge is 2.13. The summed E-state index contributed by atoms with van der Waals surface area (Å²) in [4.78, 5) is 17.2. The van der Waals surface area contributed by atoms with Crippen molar-refractivity contribution in [1.82, 2.24) is 9.97 Å². The van der Waals surface area contributed by atoms with Crippen LogP contribution in [0.25, 0.3) is 11.5 Å². The second-order valence-electron chi connectivity index (χ2n) is 2.91. The lowest BCUT2D eigenvalue weighted by atomic mass is 10.2. The van der Waals surface area contributed by atoms with Gasteiger partial charge in [-0.2, -0.15) is 0 Å². The number of carboxylic acid groups (broad SMARTS) is 1. The molecular formula is C9H8N2O3. The van der Waals surface area contributed by atoms with E-state index in [1.54, 1.807) is 13.0 Å². The zero-order valence-corrected chi connectivity index (χ0v) is 7.44. The second kappa shape index (κ2) is 3.02. The van der Waals surface area contributed by atoms with Crippen molar-refractivity contribution in [2.75, 3.05) is 0 Å². The molecule has 5 heteroatoms. The number of hydrogen-bond acceptors (Lipinski definition) is 3. The minimum absolute atomic E-state index is 0.177. The molecule has 2 heterocycles. The van der Waals surface area contributed by atoms with Crippen molar-refractivity contribution in [1.29, 1.82) is 0 Å². The Morgan fingerprint density at radius 2 is 2.43 bits per heavy atom. The van der Waals surface area contributed by atoms with E-state index in [2.05, 4.69) is 9.97 Å². The molecule has 0 amide bonds. The van der Waals surface area contributed by atoms with Crippen molar-refractivity contribution < 1.29 is 14.3 Å². The van der Waals surface area contributed by atoms with Crippen molar-refractivity contribution in [3.05, 3.63) is 29.9 Å². The highest BCUT2D eigenvalue weighted by atomic mass is 16.4. The third kappa shape index (κ3) is 1.28. The van der Waals surface area contributed by atoms with Crippen molar-refractivity contribution >= 4 is 5.97 Å². The summed E-state index contributed by atoms with van der Waals surface area (Å²) in [5.41, 5.74) is 1.47. The number of nitrogens with one attached hydrogen (secondary N) is 1. The molecular weight excluding hydrogens is 184 g/mol. The van der Waals surface area contributed by atoms with Crippen LogP contribution in [-0.2, 0) is 0 Å². The molecule has 2 aromatic heterocycles. The number of carbonyl (C=O) groups is 1. The number of aryl methyl sites for hydroxylation is 1. The second-order valence-corrected chi connectivity index (χ2v) is 2.91. The standard InChI is InChI=1S/C9H8N2O3/c1-5-2-6(7-3-10-4-14-7)11-8(5)9(12)13/h2-4,11H,1H3,(H,12,13). The number of oxazole rings is 1. The van der Waals surface area contributed by atoms with Crippen molar-refractivity contribution in [3.63, 3.8) is 0 Å². The molecule has 0 aromatic carbocycles. The number of H-pyrrole nitrogens is 1. The molecule has 0 saturated carbocycles. The molecule has 0 aliphatic carbocycles. The Bertz CT molecular complexity index is 456. The van der Waals surface area contributed by atoms with Gasteiger partial charge in [0.2, 0.25) is 0 Å². The minimum atomic E-state index is -0.978. The molecule has 0 saturated heterocycles. The van der Waals surface area contributed by atoms with E-state index >= 15 is 0 Å². The number of rotatable bonds is 2. The van der Waals surface area contributed by atoms with Gasteiger partial charge in [-0.15, -0.1) is 0 Å². The van der Waals surface area contributed by atoms with Crippen molar-refractivity contribution in [3.8, 4) is 11.5 Å². The molecule has 0 fully saturated rings. The highest BCUT2D eigenvalue weighted by molar-refractivity contribution is 5.88. The van der Waals surface area contributed by atoms with Crippen LogP contribution in [0.4, 0.5) is 0 Å². The topological polar surface area (TPSA) is 79.1 Å². The number of carboxylic acids is 1. The molecule has 72 valence electrons. The molecule has 0 atom stereocenters. The quantitative estimate of drug-likeness (QED) is 0.758. The smallest absolute Gasteiger partial charge is 0.352 e. The maximum atomic E-state index is 10.7. The Kier molecular flexibility index (Phi) is 1.85. The Morgan fingerprint density at radius 1 is 1.64 bits per heavy atom. The number of aromatic carboxylic acids is 1. The summed E-state index contributed by atoms with van der Waals surface area (Å²) in [6.45, 7) is 1.72. The molecule has 0 aliphatic heterocycles. The third-order valence-corrected chi connectivity index (χ3v) is 1.93. The lowest BCUT2D eigenvalue weighted by molar-refractivity contribution is 0.0690. The van der Waals surface area contributed by atoms with Crippen LogP contribution in [0.5, 0.6) is 0 Å². The van der Waals surface area contributed by atoms with E-state index in [1.165, 1.54) is 12.6 Å². The fraction of sp³-hybridized carbons (Fsp3) is 0.111. The van der Waals surface area contributed by atoms with Gasteiger partial charge in [-0.1, -0.05) is 0 Å². The molecule has 0 spiro atoms. The summed E-state index contributed by atoms with van der Waals surface area (Å²) in [5, 5.41) is 8.80. The first-order valence-electron chi connectivity index (χ1n) is 4.00. The van der Waals surface area contributed by atoms with E-state index < -0.39 is 5.97 Å². The molecule has 0 radical (unpaired) electrons. The molecule has 2 aromatic rings. The first-order valence-corrected chi connectivity index (χ1v) is 4.00. The summed E-state index contributed by atoms with van der Waals surface area (Å²) < 4.78 is 5.03. The van der Waals surface area contributed by atoms with Crippen LogP contribution in [0.15, 0.2) is 23.1 Å². The highest BCUT2D eigenvalue weighted by Crippen LogP contribution is 2.20. The largest absolute Gasteiger partial charge is 0.477 e. The van der Waals surface area contributed by atoms with Gasteiger partial charge in [0.1, 0.15) is 5.69 Å². The molecule has 5 nitrogen and oxygen atoms in total. The van der Waals surface area contributed by atoms with Gasteiger partial charge >= 0.3 is 5.97 Å². The number of aromatic amines is 1. The Morgan fingerprint density at radius 3 is 2.93 bits per heavy atom. The molecule has 0 aliphatic rings. The van der Waals surface area contributed by atoms with Crippen LogP contribution in [0.1, 0.15) is 16.1 Å². The average molecular weight is 192 g/mol. The van der Waals surface area contributed by atoms with Gasteiger partial charge in [-0.05, 0) is 18.6 Å². The summed E-state index contributed by atoms with van der Waals surface area (Å²) in [6, 6.07) is 1.71. The van der Waals surface area contributed by atoms with Crippen LogP contribution in [-0.4, -0.2) is 21.0 Å². The molecule has 2 N–H and O–H groups in total. The summed E-state index contributed by atoms with van der Waals surface area (Å²) in [7, 11) is 0. The van der Waals surface area contributed by atoms with E-state index in [0.29, 0.717) is 17.0 Å². The number of nitrogens with zero attached hydrogens (tertiary/aromatic N) is 1.